The summed E-state index contributed by atoms with van der Waals surface area (Å²) in [5.41, 5.74) is 3.59. The van der Waals surface area contributed by atoms with Crippen LogP contribution < -0.4 is 4.90 Å². The lowest BCUT2D eigenvalue weighted by molar-refractivity contribution is 0.122. The monoisotopic (exact) mass is 222 g/mol. The van der Waals surface area contributed by atoms with Crippen LogP contribution in [0.3, 0.4) is 0 Å². The molecule has 3 heteroatoms. The first-order valence-electron chi connectivity index (χ1n) is 6.03. The Labute approximate surface area is 98.4 Å². The van der Waals surface area contributed by atoms with Gasteiger partial charge in [-0.1, -0.05) is 13.8 Å². The van der Waals surface area contributed by atoms with Crippen LogP contribution in [0.5, 0.6) is 0 Å². The first-order chi connectivity index (χ1) is 7.77. The molecule has 1 aromatic rings. The van der Waals surface area contributed by atoms with Crippen LogP contribution in [0.4, 0.5) is 5.69 Å². The van der Waals surface area contributed by atoms with Crippen molar-refractivity contribution in [3.8, 4) is 0 Å². The highest BCUT2D eigenvalue weighted by Crippen LogP contribution is 2.17. The Kier molecular flexibility index (Phi) is 5.26. The number of morpholine rings is 1. The van der Waals surface area contributed by atoms with E-state index >= 15 is 0 Å². The molecule has 16 heavy (non-hydrogen) atoms. The van der Waals surface area contributed by atoms with E-state index in [1.54, 1.807) is 0 Å². The number of aromatic nitrogens is 1. The molecular weight excluding hydrogens is 200 g/mol. The van der Waals surface area contributed by atoms with E-state index in [9.17, 15) is 0 Å². The molecule has 0 saturated carbocycles. The van der Waals surface area contributed by atoms with Crippen molar-refractivity contribution in [3.63, 3.8) is 0 Å². The van der Waals surface area contributed by atoms with Crippen LogP contribution in [0.2, 0.25) is 0 Å². The average molecular weight is 222 g/mol. The predicted octanol–water partition coefficient (Wildman–Crippen LogP) is 2.56. The van der Waals surface area contributed by atoms with Crippen LogP contribution in [-0.2, 0) is 4.74 Å². The molecule has 0 aromatic carbocycles. The molecule has 1 aromatic heterocycles. The molecule has 3 nitrogen and oxygen atoms in total. The second kappa shape index (κ2) is 6.48. The highest BCUT2D eigenvalue weighted by molar-refractivity contribution is 5.47. The van der Waals surface area contributed by atoms with Crippen molar-refractivity contribution in [3.05, 3.63) is 23.5 Å². The fraction of sp³-hybridized carbons (Fsp3) is 0.615. The van der Waals surface area contributed by atoms with E-state index in [1.807, 2.05) is 27.0 Å². The Morgan fingerprint density at radius 1 is 1.19 bits per heavy atom. The first kappa shape index (κ1) is 13.0. The van der Waals surface area contributed by atoms with E-state index in [1.165, 1.54) is 11.3 Å². The number of ether oxygens (including phenoxy) is 1. The van der Waals surface area contributed by atoms with Crippen LogP contribution in [0, 0.1) is 13.8 Å². The molecule has 1 fully saturated rings. The third kappa shape index (κ3) is 3.20. The summed E-state index contributed by atoms with van der Waals surface area (Å²) in [6.45, 7) is 11.7. The van der Waals surface area contributed by atoms with Gasteiger partial charge in [-0.25, -0.2) is 0 Å². The lowest BCUT2D eigenvalue weighted by Crippen LogP contribution is -2.36. The molecule has 2 heterocycles. The minimum absolute atomic E-state index is 0.826. The second-order valence-electron chi connectivity index (χ2n) is 3.70. The summed E-state index contributed by atoms with van der Waals surface area (Å²) >= 11 is 0. The molecule has 1 saturated heterocycles. The Bertz CT molecular complexity index is 320. The third-order valence-corrected chi connectivity index (χ3v) is 2.70. The summed E-state index contributed by atoms with van der Waals surface area (Å²) in [7, 11) is 0. The van der Waals surface area contributed by atoms with E-state index in [0.29, 0.717) is 0 Å². The van der Waals surface area contributed by atoms with Crippen molar-refractivity contribution >= 4 is 5.69 Å². The van der Waals surface area contributed by atoms with Crippen LogP contribution >= 0.6 is 0 Å². The zero-order chi connectivity index (χ0) is 12.0. The van der Waals surface area contributed by atoms with E-state index < -0.39 is 0 Å². The summed E-state index contributed by atoms with van der Waals surface area (Å²) in [5, 5.41) is 0. The quantitative estimate of drug-likeness (QED) is 0.730. The third-order valence-electron chi connectivity index (χ3n) is 2.70. The molecule has 0 amide bonds. The summed E-state index contributed by atoms with van der Waals surface area (Å²) in [5.74, 6) is 0. The van der Waals surface area contributed by atoms with Crippen molar-refractivity contribution in [2.45, 2.75) is 27.7 Å². The van der Waals surface area contributed by atoms with E-state index in [0.717, 1.165) is 32.0 Å². The maximum absolute atomic E-state index is 5.31. The highest BCUT2D eigenvalue weighted by Gasteiger charge is 2.11. The van der Waals surface area contributed by atoms with Gasteiger partial charge in [-0.05, 0) is 25.5 Å². The molecule has 0 unspecified atom stereocenters. The van der Waals surface area contributed by atoms with Gasteiger partial charge in [-0.2, -0.15) is 0 Å². The van der Waals surface area contributed by atoms with Crippen molar-refractivity contribution < 1.29 is 4.74 Å². The molecule has 0 atom stereocenters. The van der Waals surface area contributed by atoms with Crippen molar-refractivity contribution in [2.24, 2.45) is 0 Å². The van der Waals surface area contributed by atoms with Gasteiger partial charge >= 0.3 is 0 Å². The van der Waals surface area contributed by atoms with Gasteiger partial charge in [0, 0.05) is 18.8 Å². The Balaban J connectivity index is 0.000000606. The highest BCUT2D eigenvalue weighted by atomic mass is 16.5. The molecule has 1 aliphatic heterocycles. The Morgan fingerprint density at radius 2 is 1.81 bits per heavy atom. The fourth-order valence-corrected chi connectivity index (χ4v) is 1.62. The largest absolute Gasteiger partial charge is 0.378 e. The van der Waals surface area contributed by atoms with Crippen LogP contribution in [0.15, 0.2) is 12.3 Å². The first-order valence-corrected chi connectivity index (χ1v) is 6.03. The molecule has 0 N–H and O–H groups in total. The zero-order valence-electron chi connectivity index (χ0n) is 10.8. The molecule has 0 bridgehead atoms. The van der Waals surface area contributed by atoms with Gasteiger partial charge in [0.25, 0.3) is 0 Å². The molecule has 0 spiro atoms. The molecule has 0 radical (unpaired) electrons. The molecular formula is C13H22N2O. The maximum atomic E-state index is 5.31. The molecule has 0 aliphatic carbocycles. The van der Waals surface area contributed by atoms with Gasteiger partial charge in [-0.3, -0.25) is 4.98 Å². The predicted molar refractivity (Wildman–Crippen MR) is 68.1 cm³/mol. The number of pyridine rings is 1. The second-order valence-corrected chi connectivity index (χ2v) is 3.70. The van der Waals surface area contributed by atoms with Gasteiger partial charge in [-0.15, -0.1) is 0 Å². The van der Waals surface area contributed by atoms with Crippen LogP contribution in [0.1, 0.15) is 25.1 Å². The van der Waals surface area contributed by atoms with Crippen molar-refractivity contribution in [1.82, 2.24) is 4.98 Å². The number of hydrogen-bond donors (Lipinski definition) is 0. The van der Waals surface area contributed by atoms with E-state index in [-0.39, 0.29) is 0 Å². The van der Waals surface area contributed by atoms with Gasteiger partial charge in [0.1, 0.15) is 0 Å². The number of rotatable bonds is 1. The number of nitrogens with zero attached hydrogens (tertiary/aromatic N) is 2. The van der Waals surface area contributed by atoms with Crippen LogP contribution in [0.25, 0.3) is 0 Å². The summed E-state index contributed by atoms with van der Waals surface area (Å²) in [6.07, 6.45) is 1.95. The summed E-state index contributed by atoms with van der Waals surface area (Å²) in [4.78, 5) is 6.69. The number of hydrogen-bond acceptors (Lipinski definition) is 3. The minimum atomic E-state index is 0.826. The van der Waals surface area contributed by atoms with Crippen LogP contribution in [-0.4, -0.2) is 31.3 Å². The maximum Gasteiger partial charge on any atom is 0.0642 e. The SMILES string of the molecule is CC.Cc1cc(N2CCOCC2)cnc1C. The lowest BCUT2D eigenvalue weighted by atomic mass is 10.2. The Hall–Kier alpha value is -1.09. The summed E-state index contributed by atoms with van der Waals surface area (Å²) in [6, 6.07) is 2.20. The van der Waals surface area contributed by atoms with Gasteiger partial charge in [0.15, 0.2) is 0 Å². The smallest absolute Gasteiger partial charge is 0.0642 e. The Morgan fingerprint density at radius 3 is 2.38 bits per heavy atom. The lowest BCUT2D eigenvalue weighted by Gasteiger charge is -2.28. The molecule has 1 aliphatic rings. The fourth-order valence-electron chi connectivity index (χ4n) is 1.62. The standard InChI is InChI=1S/C11H16N2O.C2H6/c1-9-7-11(8-12-10(9)2)13-3-5-14-6-4-13;1-2/h7-8H,3-6H2,1-2H3;1-2H3. The van der Waals surface area contributed by atoms with Gasteiger partial charge in [0.05, 0.1) is 25.1 Å². The minimum Gasteiger partial charge on any atom is -0.378 e. The van der Waals surface area contributed by atoms with Crippen molar-refractivity contribution in [2.75, 3.05) is 31.2 Å². The van der Waals surface area contributed by atoms with E-state index in [2.05, 4.69) is 22.9 Å². The molecule has 2 rings (SSSR count). The summed E-state index contributed by atoms with van der Waals surface area (Å²) < 4.78 is 5.31. The van der Waals surface area contributed by atoms with Gasteiger partial charge in [0.2, 0.25) is 0 Å². The topological polar surface area (TPSA) is 25.4 Å². The van der Waals surface area contributed by atoms with Gasteiger partial charge < -0.3 is 9.64 Å². The zero-order valence-corrected chi connectivity index (χ0v) is 10.8. The molecule has 90 valence electrons. The number of anilines is 1. The van der Waals surface area contributed by atoms with Crippen molar-refractivity contribution in [1.29, 1.82) is 0 Å². The average Bonchev–Trinajstić information content (AvgIpc) is 2.36. The number of aryl methyl sites for hydroxylation is 2. The van der Waals surface area contributed by atoms with E-state index in [4.69, 9.17) is 4.74 Å². The normalized spacial score (nSPS) is 15.4.